The lowest BCUT2D eigenvalue weighted by atomic mass is 10.0. The van der Waals surface area contributed by atoms with E-state index in [2.05, 4.69) is 22.9 Å². The highest BCUT2D eigenvalue weighted by Gasteiger charge is 2.15. The van der Waals surface area contributed by atoms with E-state index < -0.39 is 0 Å². The molecule has 0 saturated carbocycles. The molecule has 1 amide bonds. The number of rotatable bonds is 8. The molecule has 1 aromatic heterocycles. The van der Waals surface area contributed by atoms with Crippen molar-refractivity contribution >= 4 is 16.8 Å². The van der Waals surface area contributed by atoms with Crippen LogP contribution < -0.4 is 14.8 Å². The molecule has 0 atom stereocenters. The van der Waals surface area contributed by atoms with Gasteiger partial charge in [0.1, 0.15) is 0 Å². The number of fused-ring (bicyclic) bond motifs is 1. The Hall–Kier alpha value is -3.21. The zero-order valence-corrected chi connectivity index (χ0v) is 15.7. The number of benzene rings is 2. The minimum Gasteiger partial charge on any atom is -0.493 e. The molecule has 27 heavy (non-hydrogen) atoms. The molecule has 5 heteroatoms. The smallest absolute Gasteiger partial charge is 0.251 e. The first-order valence-corrected chi connectivity index (χ1v) is 8.87. The second-order valence-corrected chi connectivity index (χ2v) is 6.23. The lowest BCUT2D eigenvalue weighted by Gasteiger charge is -2.14. The van der Waals surface area contributed by atoms with E-state index >= 15 is 0 Å². The number of carbonyl (C=O) groups is 1. The molecule has 0 saturated heterocycles. The first-order chi connectivity index (χ1) is 13.2. The zero-order valence-electron chi connectivity index (χ0n) is 15.7. The van der Waals surface area contributed by atoms with E-state index in [1.807, 2.05) is 30.5 Å². The lowest BCUT2D eigenvalue weighted by Crippen LogP contribution is -2.25. The highest BCUT2D eigenvalue weighted by molar-refractivity contribution is 5.95. The van der Waals surface area contributed by atoms with Crippen LogP contribution in [0.15, 0.2) is 55.3 Å². The number of allylic oxidation sites excluding steroid dienone is 1. The fourth-order valence-electron chi connectivity index (χ4n) is 3.23. The van der Waals surface area contributed by atoms with Gasteiger partial charge in [-0.05, 0) is 36.6 Å². The van der Waals surface area contributed by atoms with Crippen LogP contribution in [0.1, 0.15) is 21.5 Å². The van der Waals surface area contributed by atoms with Gasteiger partial charge in [-0.1, -0.05) is 24.3 Å². The van der Waals surface area contributed by atoms with Crippen LogP contribution in [0.3, 0.4) is 0 Å². The molecule has 0 spiro atoms. The van der Waals surface area contributed by atoms with Gasteiger partial charge in [-0.25, -0.2) is 0 Å². The van der Waals surface area contributed by atoms with E-state index in [0.29, 0.717) is 30.0 Å². The van der Waals surface area contributed by atoms with Crippen molar-refractivity contribution in [1.29, 1.82) is 0 Å². The van der Waals surface area contributed by atoms with Crippen molar-refractivity contribution in [2.24, 2.45) is 0 Å². The molecule has 0 aliphatic carbocycles. The normalized spacial score (nSPS) is 10.6. The van der Waals surface area contributed by atoms with Crippen LogP contribution in [0.5, 0.6) is 11.5 Å². The van der Waals surface area contributed by atoms with Gasteiger partial charge in [0.15, 0.2) is 11.5 Å². The largest absolute Gasteiger partial charge is 0.493 e. The van der Waals surface area contributed by atoms with E-state index in [1.54, 1.807) is 26.4 Å². The van der Waals surface area contributed by atoms with Crippen molar-refractivity contribution in [2.75, 3.05) is 20.8 Å². The number of nitrogens with one attached hydrogen (secondary N) is 2. The van der Waals surface area contributed by atoms with Gasteiger partial charge >= 0.3 is 0 Å². The topological polar surface area (TPSA) is 63.4 Å². The second kappa shape index (κ2) is 8.45. The van der Waals surface area contributed by atoms with Gasteiger partial charge < -0.3 is 19.8 Å². The van der Waals surface area contributed by atoms with Gasteiger partial charge in [0.05, 0.1) is 14.2 Å². The van der Waals surface area contributed by atoms with E-state index in [4.69, 9.17) is 9.47 Å². The summed E-state index contributed by atoms with van der Waals surface area (Å²) < 4.78 is 10.8. The molecule has 3 rings (SSSR count). The average Bonchev–Trinajstić information content (AvgIpc) is 3.10. The Bertz CT molecular complexity index is 959. The highest BCUT2D eigenvalue weighted by Crippen LogP contribution is 2.33. The second-order valence-electron chi connectivity index (χ2n) is 6.23. The first-order valence-electron chi connectivity index (χ1n) is 8.87. The number of H-pyrrole nitrogens is 1. The third-order valence-electron chi connectivity index (χ3n) is 4.54. The van der Waals surface area contributed by atoms with E-state index in [-0.39, 0.29) is 5.91 Å². The summed E-state index contributed by atoms with van der Waals surface area (Å²) in [5, 5.41) is 4.17. The van der Waals surface area contributed by atoms with E-state index in [9.17, 15) is 4.79 Å². The maximum Gasteiger partial charge on any atom is 0.251 e. The van der Waals surface area contributed by atoms with Gasteiger partial charge in [-0.15, -0.1) is 6.58 Å². The van der Waals surface area contributed by atoms with Gasteiger partial charge in [-0.3, -0.25) is 4.79 Å². The molecule has 0 aliphatic rings. The Kier molecular flexibility index (Phi) is 5.81. The van der Waals surface area contributed by atoms with Crippen molar-refractivity contribution in [3.05, 3.63) is 71.9 Å². The van der Waals surface area contributed by atoms with Gasteiger partial charge in [0.25, 0.3) is 5.91 Å². The highest BCUT2D eigenvalue weighted by atomic mass is 16.5. The van der Waals surface area contributed by atoms with Crippen LogP contribution in [-0.4, -0.2) is 31.7 Å². The Labute approximate surface area is 159 Å². The Morgan fingerprint density at radius 1 is 1.19 bits per heavy atom. The minimum absolute atomic E-state index is 0.138. The lowest BCUT2D eigenvalue weighted by molar-refractivity contribution is 0.0953. The quantitative estimate of drug-likeness (QED) is 0.596. The Morgan fingerprint density at radius 2 is 2.00 bits per heavy atom. The summed E-state index contributed by atoms with van der Waals surface area (Å²) in [6.07, 6.45) is 5.12. The number of carbonyl (C=O) groups excluding carboxylic acids is 1. The third kappa shape index (κ3) is 3.97. The molecule has 0 aliphatic heterocycles. The van der Waals surface area contributed by atoms with Crippen molar-refractivity contribution < 1.29 is 14.3 Å². The number of para-hydroxylation sites is 1. The molecule has 2 N–H and O–H groups in total. The molecular formula is C22H24N2O3. The molecule has 2 aromatic carbocycles. The van der Waals surface area contributed by atoms with Crippen LogP contribution in [0.25, 0.3) is 10.9 Å². The van der Waals surface area contributed by atoms with Crippen molar-refractivity contribution in [3.63, 3.8) is 0 Å². The number of hydrogen-bond donors (Lipinski definition) is 2. The maximum absolute atomic E-state index is 12.6. The third-order valence-corrected chi connectivity index (χ3v) is 4.54. The van der Waals surface area contributed by atoms with Crippen LogP contribution >= 0.6 is 0 Å². The predicted octanol–water partition coefficient (Wildman–Crippen LogP) is 3.89. The van der Waals surface area contributed by atoms with Crippen LogP contribution in [0.4, 0.5) is 0 Å². The number of amides is 1. The molecule has 0 radical (unpaired) electrons. The Balaban J connectivity index is 1.72. The summed E-state index contributed by atoms with van der Waals surface area (Å²) in [4.78, 5) is 15.9. The van der Waals surface area contributed by atoms with E-state index in [0.717, 1.165) is 17.5 Å². The summed E-state index contributed by atoms with van der Waals surface area (Å²) in [6, 6.07) is 11.7. The Morgan fingerprint density at radius 3 is 2.74 bits per heavy atom. The van der Waals surface area contributed by atoms with Gasteiger partial charge in [-0.2, -0.15) is 0 Å². The van der Waals surface area contributed by atoms with Gasteiger partial charge in [0, 0.05) is 34.8 Å². The van der Waals surface area contributed by atoms with Crippen molar-refractivity contribution in [2.45, 2.75) is 12.8 Å². The van der Waals surface area contributed by atoms with Crippen molar-refractivity contribution in [1.82, 2.24) is 10.3 Å². The van der Waals surface area contributed by atoms with Crippen LogP contribution in [0.2, 0.25) is 0 Å². The molecule has 1 heterocycles. The summed E-state index contributed by atoms with van der Waals surface area (Å²) in [5.74, 6) is 1.03. The average molecular weight is 364 g/mol. The summed E-state index contributed by atoms with van der Waals surface area (Å²) in [6.45, 7) is 4.31. The number of methoxy groups -OCH3 is 2. The fourth-order valence-corrected chi connectivity index (χ4v) is 3.23. The molecule has 140 valence electrons. The predicted molar refractivity (Wildman–Crippen MR) is 108 cm³/mol. The molecule has 0 bridgehead atoms. The van der Waals surface area contributed by atoms with Gasteiger partial charge in [0.2, 0.25) is 0 Å². The number of aromatic nitrogens is 1. The number of ether oxygens (including phenoxy) is 2. The molecular weight excluding hydrogens is 340 g/mol. The molecule has 3 aromatic rings. The van der Waals surface area contributed by atoms with Crippen LogP contribution in [-0.2, 0) is 12.8 Å². The standard InChI is InChI=1S/C22H24N2O3/c1-4-7-15-12-17(13-20(26-2)21(15)27-3)22(25)23-11-10-16-14-24-19-9-6-5-8-18(16)19/h4-6,8-9,12-14,24H,1,7,10-11H2,2-3H3,(H,23,25). The summed E-state index contributed by atoms with van der Waals surface area (Å²) >= 11 is 0. The molecule has 0 unspecified atom stereocenters. The first kappa shape index (κ1) is 18.6. The summed E-state index contributed by atoms with van der Waals surface area (Å²) in [7, 11) is 3.15. The minimum atomic E-state index is -0.138. The number of aromatic amines is 1. The zero-order chi connectivity index (χ0) is 19.2. The number of hydrogen-bond acceptors (Lipinski definition) is 3. The van der Waals surface area contributed by atoms with Crippen molar-refractivity contribution in [3.8, 4) is 11.5 Å². The molecule has 5 nitrogen and oxygen atoms in total. The maximum atomic E-state index is 12.6. The van der Waals surface area contributed by atoms with E-state index in [1.165, 1.54) is 10.9 Å². The fraction of sp³-hybridized carbons (Fsp3) is 0.227. The summed E-state index contributed by atoms with van der Waals surface area (Å²) in [5.41, 5.74) is 3.70. The SMILES string of the molecule is C=CCc1cc(C(=O)NCCc2c[nH]c3ccccc23)cc(OC)c1OC. The monoisotopic (exact) mass is 364 g/mol. The van der Waals surface area contributed by atoms with Crippen LogP contribution in [0, 0.1) is 0 Å². The molecule has 0 fully saturated rings.